The zero-order chi connectivity index (χ0) is 13.0. The highest BCUT2D eigenvalue weighted by atomic mass is 19.1. The van der Waals surface area contributed by atoms with E-state index < -0.39 is 0 Å². The molecule has 0 amide bonds. The van der Waals surface area contributed by atoms with Crippen LogP contribution in [-0.2, 0) is 0 Å². The molecule has 4 heteroatoms. The van der Waals surface area contributed by atoms with Crippen LogP contribution < -0.4 is 10.1 Å². The summed E-state index contributed by atoms with van der Waals surface area (Å²) in [5.74, 6) is 0.319. The number of pyridine rings is 1. The minimum atomic E-state index is -0.228. The molecule has 0 saturated carbocycles. The number of nitrogens with one attached hydrogen (secondary N) is 1. The number of hydrogen-bond donors (Lipinski definition) is 1. The number of aromatic nitrogens is 1. The van der Waals surface area contributed by atoms with E-state index in [4.69, 9.17) is 4.74 Å². The fourth-order valence-electron chi connectivity index (χ4n) is 1.72. The van der Waals surface area contributed by atoms with Crippen molar-refractivity contribution in [2.75, 3.05) is 12.4 Å². The molecule has 2 rings (SSSR count). The van der Waals surface area contributed by atoms with Crippen molar-refractivity contribution in [3.05, 3.63) is 54.0 Å². The number of anilines is 1. The summed E-state index contributed by atoms with van der Waals surface area (Å²) in [6, 6.07) is 10.2. The molecule has 94 valence electrons. The fourth-order valence-corrected chi connectivity index (χ4v) is 1.72. The van der Waals surface area contributed by atoms with Crippen molar-refractivity contribution in [3.63, 3.8) is 0 Å². The lowest BCUT2D eigenvalue weighted by atomic mass is 10.1. The minimum absolute atomic E-state index is 0.00723. The molecule has 3 nitrogen and oxygen atoms in total. The van der Waals surface area contributed by atoms with E-state index in [9.17, 15) is 4.39 Å². The third-order valence-electron chi connectivity index (χ3n) is 2.68. The maximum Gasteiger partial charge on any atom is 0.214 e. The molecule has 1 heterocycles. The topological polar surface area (TPSA) is 34.1 Å². The van der Waals surface area contributed by atoms with Gasteiger partial charge in [0.05, 0.1) is 7.11 Å². The van der Waals surface area contributed by atoms with Gasteiger partial charge in [-0.25, -0.2) is 9.37 Å². The summed E-state index contributed by atoms with van der Waals surface area (Å²) in [6.45, 7) is 1.97. The van der Waals surface area contributed by atoms with Gasteiger partial charge in [-0.3, -0.25) is 0 Å². The first kappa shape index (κ1) is 12.4. The van der Waals surface area contributed by atoms with Gasteiger partial charge in [-0.05, 0) is 30.7 Å². The second-order valence-electron chi connectivity index (χ2n) is 4.01. The van der Waals surface area contributed by atoms with E-state index in [-0.39, 0.29) is 11.9 Å². The normalized spacial score (nSPS) is 11.9. The van der Waals surface area contributed by atoms with Gasteiger partial charge in [0.2, 0.25) is 5.88 Å². The highest BCUT2D eigenvalue weighted by Gasteiger charge is 2.06. The molecule has 0 aliphatic rings. The average molecular weight is 246 g/mol. The number of halogens is 1. The van der Waals surface area contributed by atoms with Crippen LogP contribution in [0.1, 0.15) is 18.5 Å². The lowest BCUT2D eigenvalue weighted by Gasteiger charge is -2.16. The maximum atomic E-state index is 13.1. The lowest BCUT2D eigenvalue weighted by molar-refractivity contribution is 0.398. The molecule has 1 unspecified atom stereocenters. The van der Waals surface area contributed by atoms with Crippen molar-refractivity contribution >= 4 is 5.69 Å². The summed E-state index contributed by atoms with van der Waals surface area (Å²) in [4.78, 5) is 4.03. The lowest BCUT2D eigenvalue weighted by Crippen LogP contribution is -2.07. The van der Waals surface area contributed by atoms with Crippen molar-refractivity contribution in [2.45, 2.75) is 13.0 Å². The zero-order valence-corrected chi connectivity index (χ0v) is 10.4. The molecule has 0 bridgehead atoms. The molecule has 0 saturated heterocycles. The van der Waals surface area contributed by atoms with E-state index in [1.807, 2.05) is 19.1 Å². The van der Waals surface area contributed by atoms with E-state index in [1.165, 1.54) is 12.1 Å². The first-order chi connectivity index (χ1) is 8.69. The predicted octanol–water partition coefficient (Wildman–Crippen LogP) is 3.40. The molecule has 0 fully saturated rings. The fraction of sp³-hybridized carbons (Fsp3) is 0.214. The molecule has 1 aromatic heterocycles. The van der Waals surface area contributed by atoms with Crippen molar-refractivity contribution in [2.24, 2.45) is 0 Å². The van der Waals surface area contributed by atoms with Crippen molar-refractivity contribution < 1.29 is 9.13 Å². The first-order valence-electron chi connectivity index (χ1n) is 5.71. The van der Waals surface area contributed by atoms with E-state index in [1.54, 1.807) is 25.4 Å². The van der Waals surface area contributed by atoms with Crippen LogP contribution in [0.15, 0.2) is 42.6 Å². The third kappa shape index (κ3) is 2.97. The predicted molar refractivity (Wildman–Crippen MR) is 69.2 cm³/mol. The number of benzene rings is 1. The number of methoxy groups -OCH3 is 1. The van der Waals surface area contributed by atoms with Crippen LogP contribution in [-0.4, -0.2) is 12.1 Å². The molecular weight excluding hydrogens is 231 g/mol. The van der Waals surface area contributed by atoms with Crippen molar-refractivity contribution in [3.8, 4) is 5.88 Å². The monoisotopic (exact) mass is 246 g/mol. The van der Waals surface area contributed by atoms with Gasteiger partial charge in [-0.15, -0.1) is 0 Å². The summed E-state index contributed by atoms with van der Waals surface area (Å²) in [6.07, 6.45) is 1.67. The summed E-state index contributed by atoms with van der Waals surface area (Å²) >= 11 is 0. The van der Waals surface area contributed by atoms with Gasteiger partial charge >= 0.3 is 0 Å². The van der Waals surface area contributed by atoms with Crippen molar-refractivity contribution in [1.29, 1.82) is 0 Å². The van der Waals surface area contributed by atoms with Gasteiger partial charge in [0.25, 0.3) is 0 Å². The van der Waals surface area contributed by atoms with Crippen molar-refractivity contribution in [1.82, 2.24) is 4.98 Å². The third-order valence-corrected chi connectivity index (χ3v) is 2.68. The van der Waals surface area contributed by atoms with Gasteiger partial charge < -0.3 is 10.1 Å². The minimum Gasteiger partial charge on any atom is -0.481 e. The van der Waals surface area contributed by atoms with Crippen LogP contribution in [0.4, 0.5) is 10.1 Å². The Morgan fingerprint density at radius 3 is 2.83 bits per heavy atom. The molecule has 2 aromatic rings. The Morgan fingerprint density at radius 2 is 2.11 bits per heavy atom. The van der Waals surface area contributed by atoms with Crippen LogP contribution in [0.3, 0.4) is 0 Å². The summed E-state index contributed by atoms with van der Waals surface area (Å²) in [5, 5.41) is 3.27. The van der Waals surface area contributed by atoms with Crippen LogP contribution in [0, 0.1) is 5.82 Å². The Bertz CT molecular complexity index is 531. The Morgan fingerprint density at radius 1 is 1.28 bits per heavy atom. The standard InChI is InChI=1S/C14H15FN2O/c1-10(11-4-3-5-12(15)8-11)17-13-6-7-16-14(9-13)18-2/h3-10H,1-2H3,(H,16,17). The van der Waals surface area contributed by atoms with Gasteiger partial charge in [0.1, 0.15) is 5.82 Å². The number of hydrogen-bond acceptors (Lipinski definition) is 3. The molecule has 0 aliphatic heterocycles. The average Bonchev–Trinajstić information content (AvgIpc) is 2.39. The smallest absolute Gasteiger partial charge is 0.214 e. The molecule has 0 spiro atoms. The first-order valence-corrected chi connectivity index (χ1v) is 5.71. The number of ether oxygens (including phenoxy) is 1. The molecule has 1 atom stereocenters. The Kier molecular flexibility index (Phi) is 3.77. The molecule has 18 heavy (non-hydrogen) atoms. The van der Waals surface area contributed by atoms with Crippen LogP contribution in [0.5, 0.6) is 5.88 Å². The Labute approximate surface area is 106 Å². The molecular formula is C14H15FN2O. The maximum absolute atomic E-state index is 13.1. The van der Waals surface area contributed by atoms with Gasteiger partial charge in [-0.2, -0.15) is 0 Å². The number of nitrogens with zero attached hydrogens (tertiary/aromatic N) is 1. The molecule has 1 aromatic carbocycles. The molecule has 0 aliphatic carbocycles. The largest absolute Gasteiger partial charge is 0.481 e. The van der Waals surface area contributed by atoms with Crippen LogP contribution >= 0.6 is 0 Å². The van der Waals surface area contributed by atoms with E-state index in [2.05, 4.69) is 10.3 Å². The van der Waals surface area contributed by atoms with E-state index >= 15 is 0 Å². The Balaban J connectivity index is 2.13. The zero-order valence-electron chi connectivity index (χ0n) is 10.4. The van der Waals surface area contributed by atoms with Crippen LogP contribution in [0.25, 0.3) is 0 Å². The second-order valence-corrected chi connectivity index (χ2v) is 4.01. The van der Waals surface area contributed by atoms with Crippen LogP contribution in [0.2, 0.25) is 0 Å². The molecule has 0 radical (unpaired) electrons. The summed E-state index contributed by atoms with van der Waals surface area (Å²) in [7, 11) is 1.57. The quantitative estimate of drug-likeness (QED) is 0.897. The Hall–Kier alpha value is -2.10. The SMILES string of the molecule is COc1cc(NC(C)c2cccc(F)c2)ccn1. The van der Waals surface area contributed by atoms with E-state index in [0.717, 1.165) is 11.3 Å². The summed E-state index contributed by atoms with van der Waals surface area (Å²) in [5.41, 5.74) is 1.78. The van der Waals surface area contributed by atoms with Gasteiger partial charge in [0, 0.05) is 24.0 Å². The second kappa shape index (κ2) is 5.49. The summed E-state index contributed by atoms with van der Waals surface area (Å²) < 4.78 is 18.2. The highest BCUT2D eigenvalue weighted by Crippen LogP contribution is 2.21. The molecule has 1 N–H and O–H groups in total. The highest BCUT2D eigenvalue weighted by molar-refractivity contribution is 5.47. The number of rotatable bonds is 4. The van der Waals surface area contributed by atoms with Gasteiger partial charge in [0.15, 0.2) is 0 Å². The van der Waals surface area contributed by atoms with E-state index in [0.29, 0.717) is 5.88 Å². The van der Waals surface area contributed by atoms with Gasteiger partial charge in [-0.1, -0.05) is 12.1 Å².